The zero-order valence-electron chi connectivity index (χ0n) is 11.1. The van der Waals surface area contributed by atoms with Crippen molar-refractivity contribution < 1.29 is 0 Å². The van der Waals surface area contributed by atoms with E-state index in [-0.39, 0.29) is 0 Å². The third-order valence-electron chi connectivity index (χ3n) is 3.70. The summed E-state index contributed by atoms with van der Waals surface area (Å²) in [6.45, 7) is 0.752. The van der Waals surface area contributed by atoms with E-state index in [0.29, 0.717) is 0 Å². The van der Waals surface area contributed by atoms with Crippen molar-refractivity contribution in [1.82, 2.24) is 4.98 Å². The second-order valence-corrected chi connectivity index (χ2v) is 5.28. The standard InChI is InChI=1S/C16H24N2/c17-10-4-7-15-11-16(13-18-12-15)9-8-14-5-2-1-3-6-14/h8-9,11-14H,1-7,10,17H2/b9-8+. The van der Waals surface area contributed by atoms with Crippen molar-refractivity contribution in [1.29, 1.82) is 0 Å². The summed E-state index contributed by atoms with van der Waals surface area (Å²) in [5, 5.41) is 0. The average Bonchev–Trinajstić information content (AvgIpc) is 2.44. The van der Waals surface area contributed by atoms with Crippen LogP contribution in [-0.2, 0) is 6.42 Å². The molecule has 0 unspecified atom stereocenters. The van der Waals surface area contributed by atoms with Gasteiger partial charge in [-0.2, -0.15) is 0 Å². The fourth-order valence-corrected chi connectivity index (χ4v) is 2.62. The molecule has 1 heterocycles. The van der Waals surface area contributed by atoms with Crippen LogP contribution in [0.25, 0.3) is 6.08 Å². The Labute approximate surface area is 110 Å². The molecule has 0 radical (unpaired) electrons. The third-order valence-corrected chi connectivity index (χ3v) is 3.70. The van der Waals surface area contributed by atoms with Crippen LogP contribution in [0.15, 0.2) is 24.5 Å². The molecule has 0 aliphatic heterocycles. The smallest absolute Gasteiger partial charge is 0.0340 e. The lowest BCUT2D eigenvalue weighted by molar-refractivity contribution is 0.420. The van der Waals surface area contributed by atoms with E-state index < -0.39 is 0 Å². The predicted octanol–water partition coefficient (Wildman–Crippen LogP) is 3.57. The molecule has 0 bridgehead atoms. The fourth-order valence-electron chi connectivity index (χ4n) is 2.62. The molecule has 98 valence electrons. The number of allylic oxidation sites excluding steroid dienone is 1. The molecule has 1 aliphatic rings. The molecule has 1 aromatic heterocycles. The fraction of sp³-hybridized carbons (Fsp3) is 0.562. The van der Waals surface area contributed by atoms with Crippen molar-refractivity contribution in [2.45, 2.75) is 44.9 Å². The first-order chi connectivity index (χ1) is 8.88. The van der Waals surface area contributed by atoms with Crippen molar-refractivity contribution >= 4 is 6.08 Å². The predicted molar refractivity (Wildman–Crippen MR) is 77.2 cm³/mol. The second kappa shape index (κ2) is 7.32. The molecule has 1 aliphatic carbocycles. The second-order valence-electron chi connectivity index (χ2n) is 5.28. The Balaban J connectivity index is 1.93. The van der Waals surface area contributed by atoms with Crippen LogP contribution in [0.2, 0.25) is 0 Å². The lowest BCUT2D eigenvalue weighted by Crippen LogP contribution is -2.02. The van der Waals surface area contributed by atoms with Crippen molar-refractivity contribution in [2.75, 3.05) is 6.54 Å². The molecule has 1 aromatic rings. The van der Waals surface area contributed by atoms with Crippen LogP contribution in [-0.4, -0.2) is 11.5 Å². The van der Waals surface area contributed by atoms with E-state index in [0.717, 1.165) is 25.3 Å². The summed E-state index contributed by atoms with van der Waals surface area (Å²) in [6.07, 6.45) is 17.5. The summed E-state index contributed by atoms with van der Waals surface area (Å²) in [5.74, 6) is 0.784. The monoisotopic (exact) mass is 244 g/mol. The van der Waals surface area contributed by atoms with Gasteiger partial charge < -0.3 is 5.73 Å². The zero-order valence-corrected chi connectivity index (χ0v) is 11.1. The summed E-state index contributed by atoms with van der Waals surface area (Å²) in [7, 11) is 0. The quantitative estimate of drug-likeness (QED) is 0.860. The first-order valence-electron chi connectivity index (χ1n) is 7.20. The van der Waals surface area contributed by atoms with Crippen molar-refractivity contribution in [3.05, 3.63) is 35.7 Å². The highest BCUT2D eigenvalue weighted by Gasteiger charge is 2.09. The van der Waals surface area contributed by atoms with E-state index in [9.17, 15) is 0 Å². The highest BCUT2D eigenvalue weighted by atomic mass is 14.6. The molecule has 0 aromatic carbocycles. The number of nitrogens with zero attached hydrogens (tertiary/aromatic N) is 1. The topological polar surface area (TPSA) is 38.9 Å². The van der Waals surface area contributed by atoms with Crippen LogP contribution in [0.1, 0.15) is 49.7 Å². The highest BCUT2D eigenvalue weighted by molar-refractivity contribution is 5.49. The van der Waals surface area contributed by atoms with Gasteiger partial charge in [-0.15, -0.1) is 0 Å². The Hall–Kier alpha value is -1.15. The van der Waals surface area contributed by atoms with Gasteiger partial charge in [0.25, 0.3) is 0 Å². The van der Waals surface area contributed by atoms with Gasteiger partial charge in [-0.3, -0.25) is 4.98 Å². The first kappa shape index (κ1) is 13.3. The molecule has 0 spiro atoms. The zero-order chi connectivity index (χ0) is 12.6. The third kappa shape index (κ3) is 4.26. The number of pyridine rings is 1. The summed E-state index contributed by atoms with van der Waals surface area (Å²) >= 11 is 0. The van der Waals surface area contributed by atoms with Gasteiger partial charge in [-0.05, 0) is 55.3 Å². The van der Waals surface area contributed by atoms with Gasteiger partial charge in [0.2, 0.25) is 0 Å². The van der Waals surface area contributed by atoms with Gasteiger partial charge in [0.05, 0.1) is 0 Å². The van der Waals surface area contributed by atoms with Gasteiger partial charge in [0.15, 0.2) is 0 Å². The Morgan fingerprint density at radius 1 is 1.22 bits per heavy atom. The molecule has 1 saturated carbocycles. The molecule has 0 saturated heterocycles. The Morgan fingerprint density at radius 2 is 2.06 bits per heavy atom. The summed E-state index contributed by atoms with van der Waals surface area (Å²) < 4.78 is 0. The van der Waals surface area contributed by atoms with Crippen molar-refractivity contribution in [3.8, 4) is 0 Å². The number of aryl methyl sites for hydroxylation is 1. The molecule has 2 N–H and O–H groups in total. The summed E-state index contributed by atoms with van der Waals surface area (Å²) in [5.41, 5.74) is 8.07. The van der Waals surface area contributed by atoms with E-state index in [1.54, 1.807) is 0 Å². The van der Waals surface area contributed by atoms with Crippen LogP contribution in [0.5, 0.6) is 0 Å². The molecule has 1 fully saturated rings. The van der Waals surface area contributed by atoms with E-state index >= 15 is 0 Å². The summed E-state index contributed by atoms with van der Waals surface area (Å²) in [6, 6.07) is 2.24. The molecule has 18 heavy (non-hydrogen) atoms. The average molecular weight is 244 g/mol. The van der Waals surface area contributed by atoms with Gasteiger partial charge in [-0.25, -0.2) is 0 Å². The lowest BCUT2D eigenvalue weighted by Gasteiger charge is -2.17. The number of rotatable bonds is 5. The van der Waals surface area contributed by atoms with Crippen LogP contribution in [0, 0.1) is 5.92 Å². The van der Waals surface area contributed by atoms with Gasteiger partial charge in [-0.1, -0.05) is 31.4 Å². The van der Waals surface area contributed by atoms with Crippen LogP contribution < -0.4 is 5.73 Å². The molecular formula is C16H24N2. The van der Waals surface area contributed by atoms with E-state index in [1.807, 2.05) is 12.4 Å². The maximum Gasteiger partial charge on any atom is 0.0340 e. The normalized spacial score (nSPS) is 17.4. The SMILES string of the molecule is NCCCc1cncc(/C=C/C2CCCCC2)c1. The molecular weight excluding hydrogens is 220 g/mol. The van der Waals surface area contributed by atoms with Crippen LogP contribution in [0.4, 0.5) is 0 Å². The van der Waals surface area contributed by atoms with Gasteiger partial charge >= 0.3 is 0 Å². The van der Waals surface area contributed by atoms with Crippen molar-refractivity contribution in [3.63, 3.8) is 0 Å². The first-order valence-corrected chi connectivity index (χ1v) is 7.20. The minimum absolute atomic E-state index is 0.752. The Bertz CT molecular complexity index is 378. The number of hydrogen-bond donors (Lipinski definition) is 1. The number of hydrogen-bond acceptors (Lipinski definition) is 2. The Kier molecular flexibility index (Phi) is 5.40. The lowest BCUT2D eigenvalue weighted by atomic mass is 9.89. The largest absolute Gasteiger partial charge is 0.330 e. The van der Waals surface area contributed by atoms with E-state index in [1.165, 1.54) is 43.2 Å². The van der Waals surface area contributed by atoms with Gasteiger partial charge in [0, 0.05) is 12.4 Å². The maximum absolute atomic E-state index is 5.54. The van der Waals surface area contributed by atoms with E-state index in [2.05, 4.69) is 23.2 Å². The summed E-state index contributed by atoms with van der Waals surface area (Å²) in [4.78, 5) is 4.31. The minimum atomic E-state index is 0.752. The van der Waals surface area contributed by atoms with Crippen LogP contribution >= 0.6 is 0 Å². The van der Waals surface area contributed by atoms with Gasteiger partial charge in [0.1, 0.15) is 0 Å². The molecule has 2 heteroatoms. The molecule has 0 atom stereocenters. The molecule has 0 amide bonds. The Morgan fingerprint density at radius 3 is 2.83 bits per heavy atom. The van der Waals surface area contributed by atoms with E-state index in [4.69, 9.17) is 5.73 Å². The number of nitrogens with two attached hydrogens (primary N) is 1. The molecule has 2 rings (SSSR count). The number of aromatic nitrogens is 1. The molecule has 2 nitrogen and oxygen atoms in total. The maximum atomic E-state index is 5.54. The van der Waals surface area contributed by atoms with Crippen LogP contribution in [0.3, 0.4) is 0 Å². The highest BCUT2D eigenvalue weighted by Crippen LogP contribution is 2.25. The van der Waals surface area contributed by atoms with Crippen molar-refractivity contribution in [2.24, 2.45) is 11.7 Å². The minimum Gasteiger partial charge on any atom is -0.330 e.